The van der Waals surface area contributed by atoms with Crippen LogP contribution in [-0.4, -0.2) is 38.1 Å². The first-order chi connectivity index (χ1) is 10.8. The quantitative estimate of drug-likeness (QED) is 0.414. The van der Waals surface area contributed by atoms with E-state index in [1.165, 1.54) is 32.1 Å². The summed E-state index contributed by atoms with van der Waals surface area (Å²) in [4.78, 5) is 13.9. The van der Waals surface area contributed by atoms with Crippen LogP contribution in [0.2, 0.25) is 0 Å². The van der Waals surface area contributed by atoms with Crippen LogP contribution < -0.4 is 0 Å². The van der Waals surface area contributed by atoms with Gasteiger partial charge in [0.05, 0.1) is 0 Å². The minimum Gasteiger partial charge on any atom is -0.464 e. The number of hydrogen-bond donors (Lipinski definition) is 0. The van der Waals surface area contributed by atoms with Crippen molar-refractivity contribution in [3.63, 3.8) is 0 Å². The van der Waals surface area contributed by atoms with E-state index in [2.05, 4.69) is 27.7 Å². The van der Waals surface area contributed by atoms with E-state index in [-0.39, 0.29) is 5.97 Å². The third kappa shape index (κ3) is 14.7. The summed E-state index contributed by atoms with van der Waals surface area (Å²) in [7, 11) is 3.98. The summed E-state index contributed by atoms with van der Waals surface area (Å²) in [6.07, 6.45) is 9.41. The third-order valence-electron chi connectivity index (χ3n) is 4.62. The second-order valence-corrected chi connectivity index (χ2v) is 7.86. The Bertz CT molecular complexity index is 289. The van der Waals surface area contributed by atoms with Gasteiger partial charge in [-0.2, -0.15) is 0 Å². The summed E-state index contributed by atoms with van der Waals surface area (Å²) in [6, 6.07) is 0. The molecule has 0 N–H and O–H groups in total. The van der Waals surface area contributed by atoms with Crippen molar-refractivity contribution in [3.05, 3.63) is 0 Å². The van der Waals surface area contributed by atoms with E-state index >= 15 is 0 Å². The van der Waals surface area contributed by atoms with Crippen LogP contribution in [0, 0.1) is 17.8 Å². The highest BCUT2D eigenvalue weighted by Gasteiger charge is 2.14. The highest BCUT2D eigenvalue weighted by atomic mass is 16.5. The monoisotopic (exact) mass is 327 g/mol. The highest BCUT2D eigenvalue weighted by Crippen LogP contribution is 2.22. The fourth-order valence-electron chi connectivity index (χ4n) is 2.86. The second kappa shape index (κ2) is 13.8. The molecule has 138 valence electrons. The molecule has 0 saturated carbocycles. The van der Waals surface area contributed by atoms with Crippen LogP contribution >= 0.6 is 0 Å². The Hall–Kier alpha value is -0.570. The van der Waals surface area contributed by atoms with Crippen molar-refractivity contribution in [3.8, 4) is 0 Å². The first kappa shape index (κ1) is 22.4. The smallest absolute Gasteiger partial charge is 0.306 e. The summed E-state index contributed by atoms with van der Waals surface area (Å²) in [5.74, 6) is 2.11. The van der Waals surface area contributed by atoms with E-state index in [1.807, 2.05) is 19.0 Å². The van der Waals surface area contributed by atoms with Crippen LogP contribution in [0.5, 0.6) is 0 Å². The van der Waals surface area contributed by atoms with Crippen LogP contribution in [0.15, 0.2) is 0 Å². The van der Waals surface area contributed by atoms with Crippen LogP contribution in [0.25, 0.3) is 0 Å². The molecule has 0 radical (unpaired) electrons. The number of ether oxygens (including phenoxy) is 1. The molecule has 0 amide bonds. The molecular weight excluding hydrogens is 286 g/mol. The number of carbonyl (C=O) groups excluding carboxylic acids is 1. The summed E-state index contributed by atoms with van der Waals surface area (Å²) in [5, 5.41) is 0. The second-order valence-electron chi connectivity index (χ2n) is 7.86. The van der Waals surface area contributed by atoms with Gasteiger partial charge in [0.1, 0.15) is 6.61 Å². The zero-order valence-corrected chi connectivity index (χ0v) is 16.6. The molecule has 0 spiro atoms. The number of nitrogens with zero attached hydrogens (tertiary/aromatic N) is 1. The van der Waals surface area contributed by atoms with Gasteiger partial charge in [0, 0.05) is 13.0 Å². The zero-order chi connectivity index (χ0) is 17.7. The molecule has 23 heavy (non-hydrogen) atoms. The molecule has 3 nitrogen and oxygen atoms in total. The topological polar surface area (TPSA) is 29.5 Å². The van der Waals surface area contributed by atoms with Crippen molar-refractivity contribution in [2.45, 2.75) is 79.1 Å². The van der Waals surface area contributed by atoms with Gasteiger partial charge in [0.2, 0.25) is 0 Å². The van der Waals surface area contributed by atoms with E-state index in [1.54, 1.807) is 0 Å². The molecule has 0 heterocycles. The lowest BCUT2D eigenvalue weighted by atomic mass is 9.91. The van der Waals surface area contributed by atoms with Crippen molar-refractivity contribution in [1.82, 2.24) is 4.90 Å². The number of carbonyl (C=O) groups is 1. The molecule has 0 bridgehead atoms. The van der Waals surface area contributed by atoms with Crippen LogP contribution in [0.1, 0.15) is 79.1 Å². The molecule has 0 rings (SSSR count). The average Bonchev–Trinajstić information content (AvgIpc) is 2.45. The Morgan fingerprint density at radius 3 is 2.13 bits per heavy atom. The first-order valence-electron chi connectivity index (χ1n) is 9.65. The molecule has 0 aromatic carbocycles. The Kier molecular flexibility index (Phi) is 13.5. The van der Waals surface area contributed by atoms with Gasteiger partial charge in [-0.25, -0.2) is 0 Å². The number of hydrogen-bond acceptors (Lipinski definition) is 3. The van der Waals surface area contributed by atoms with Crippen molar-refractivity contribution in [2.24, 2.45) is 17.8 Å². The SMILES string of the molecule is CCC(CCCC(C)CCCC(C)C)CC(=O)OCCN(C)C. The highest BCUT2D eigenvalue weighted by molar-refractivity contribution is 5.69. The van der Waals surface area contributed by atoms with Gasteiger partial charge in [0.25, 0.3) is 0 Å². The maximum absolute atomic E-state index is 11.9. The molecule has 0 aromatic rings. The van der Waals surface area contributed by atoms with Crippen LogP contribution in [0.4, 0.5) is 0 Å². The van der Waals surface area contributed by atoms with E-state index < -0.39 is 0 Å². The maximum atomic E-state index is 11.9. The van der Waals surface area contributed by atoms with Gasteiger partial charge < -0.3 is 9.64 Å². The molecular formula is C20H41NO2. The molecule has 0 aliphatic rings. The Labute approximate surface area is 145 Å². The predicted molar refractivity (Wildman–Crippen MR) is 99.6 cm³/mol. The predicted octanol–water partition coefficient (Wildman–Crippen LogP) is 5.14. The first-order valence-corrected chi connectivity index (χ1v) is 9.65. The molecule has 0 aliphatic heterocycles. The molecule has 0 aromatic heterocycles. The minimum absolute atomic E-state index is 0.0244. The van der Waals surface area contributed by atoms with E-state index in [0.29, 0.717) is 18.9 Å². The fraction of sp³-hybridized carbons (Fsp3) is 0.950. The standard InChI is InChI=1S/C20H41NO2/c1-7-19(16-20(22)23-15-14-21(5)6)13-9-12-18(4)11-8-10-17(2)3/h17-19H,7-16H2,1-6H3. The maximum Gasteiger partial charge on any atom is 0.306 e. The summed E-state index contributed by atoms with van der Waals surface area (Å²) < 4.78 is 5.31. The summed E-state index contributed by atoms with van der Waals surface area (Å²) in [6.45, 7) is 10.5. The normalized spacial score (nSPS) is 14.3. The van der Waals surface area contributed by atoms with Gasteiger partial charge in [-0.3, -0.25) is 4.79 Å². The summed E-state index contributed by atoms with van der Waals surface area (Å²) >= 11 is 0. The molecule has 0 aliphatic carbocycles. The Morgan fingerprint density at radius 2 is 1.61 bits per heavy atom. The number of esters is 1. The number of rotatable bonds is 14. The molecule has 2 atom stereocenters. The van der Waals surface area contributed by atoms with Crippen molar-refractivity contribution >= 4 is 5.97 Å². The van der Waals surface area contributed by atoms with Crippen molar-refractivity contribution in [2.75, 3.05) is 27.2 Å². The van der Waals surface area contributed by atoms with Gasteiger partial charge in [-0.05, 0) is 38.3 Å². The van der Waals surface area contributed by atoms with E-state index in [9.17, 15) is 4.79 Å². The van der Waals surface area contributed by atoms with E-state index in [0.717, 1.165) is 31.2 Å². The van der Waals surface area contributed by atoms with E-state index in [4.69, 9.17) is 4.74 Å². The largest absolute Gasteiger partial charge is 0.464 e. The minimum atomic E-state index is -0.0244. The average molecular weight is 328 g/mol. The lowest BCUT2D eigenvalue weighted by Crippen LogP contribution is -2.21. The van der Waals surface area contributed by atoms with Crippen LogP contribution in [0.3, 0.4) is 0 Å². The van der Waals surface area contributed by atoms with Gasteiger partial charge >= 0.3 is 5.97 Å². The number of likely N-dealkylation sites (N-methyl/N-ethyl adjacent to an activating group) is 1. The molecule has 0 saturated heterocycles. The van der Waals surface area contributed by atoms with Crippen molar-refractivity contribution in [1.29, 1.82) is 0 Å². The van der Waals surface area contributed by atoms with Crippen LogP contribution in [-0.2, 0) is 9.53 Å². The third-order valence-corrected chi connectivity index (χ3v) is 4.62. The lowest BCUT2D eigenvalue weighted by molar-refractivity contribution is -0.145. The molecule has 2 unspecified atom stereocenters. The fourth-order valence-corrected chi connectivity index (χ4v) is 2.86. The van der Waals surface area contributed by atoms with Gasteiger partial charge in [-0.15, -0.1) is 0 Å². The Balaban J connectivity index is 3.77. The lowest BCUT2D eigenvalue weighted by Gasteiger charge is -2.17. The molecule has 0 fully saturated rings. The Morgan fingerprint density at radius 1 is 1.00 bits per heavy atom. The molecule has 3 heteroatoms. The zero-order valence-electron chi connectivity index (χ0n) is 16.6. The summed E-state index contributed by atoms with van der Waals surface area (Å²) in [5.41, 5.74) is 0. The van der Waals surface area contributed by atoms with Gasteiger partial charge in [0.15, 0.2) is 0 Å². The van der Waals surface area contributed by atoms with Crippen molar-refractivity contribution < 1.29 is 9.53 Å². The van der Waals surface area contributed by atoms with Gasteiger partial charge in [-0.1, -0.05) is 66.2 Å².